The van der Waals surface area contributed by atoms with Crippen molar-refractivity contribution in [3.05, 3.63) is 11.8 Å². The zero-order valence-corrected chi connectivity index (χ0v) is 10.6. The minimum absolute atomic E-state index is 0.188. The van der Waals surface area contributed by atoms with Crippen LogP contribution < -0.4 is 10.1 Å². The van der Waals surface area contributed by atoms with Crippen molar-refractivity contribution < 1.29 is 4.74 Å². The van der Waals surface area contributed by atoms with E-state index in [9.17, 15) is 0 Å². The van der Waals surface area contributed by atoms with Gasteiger partial charge in [-0.2, -0.15) is 4.98 Å². The standard InChI is InChI=1S/C12H21N3O/c1-5-7-13-12-14-9(3)8-11(15-12)16-10(4)6-2/h8,10H,5-7H2,1-4H3,(H,13,14,15). The highest BCUT2D eigenvalue weighted by Crippen LogP contribution is 2.14. The van der Waals surface area contributed by atoms with Crippen molar-refractivity contribution >= 4 is 5.95 Å². The first-order valence-corrected chi connectivity index (χ1v) is 5.91. The summed E-state index contributed by atoms with van der Waals surface area (Å²) >= 11 is 0. The highest BCUT2D eigenvalue weighted by atomic mass is 16.5. The van der Waals surface area contributed by atoms with Crippen molar-refractivity contribution in [3.63, 3.8) is 0 Å². The molecule has 0 saturated carbocycles. The summed E-state index contributed by atoms with van der Waals surface area (Å²) in [5, 5.41) is 3.16. The topological polar surface area (TPSA) is 47.0 Å². The molecule has 0 bridgehead atoms. The normalized spacial score (nSPS) is 12.2. The van der Waals surface area contributed by atoms with Gasteiger partial charge in [0.2, 0.25) is 11.8 Å². The molecule has 0 saturated heterocycles. The average molecular weight is 223 g/mol. The molecule has 0 spiro atoms. The molecule has 1 aromatic rings. The minimum atomic E-state index is 0.188. The SMILES string of the molecule is CCCNc1nc(C)cc(OC(C)CC)n1. The molecule has 16 heavy (non-hydrogen) atoms. The van der Waals surface area contributed by atoms with Gasteiger partial charge >= 0.3 is 0 Å². The van der Waals surface area contributed by atoms with Crippen LogP contribution in [0.1, 0.15) is 39.3 Å². The van der Waals surface area contributed by atoms with Crippen LogP contribution in [0.3, 0.4) is 0 Å². The van der Waals surface area contributed by atoms with E-state index in [1.165, 1.54) is 0 Å². The molecule has 1 atom stereocenters. The molecule has 0 radical (unpaired) electrons. The molecule has 0 aliphatic carbocycles. The Morgan fingerprint density at radius 2 is 2.12 bits per heavy atom. The first kappa shape index (κ1) is 12.7. The second kappa shape index (κ2) is 6.30. The second-order valence-corrected chi connectivity index (χ2v) is 3.93. The number of nitrogens with one attached hydrogen (secondary N) is 1. The van der Waals surface area contributed by atoms with Gasteiger partial charge in [0, 0.05) is 18.3 Å². The maximum Gasteiger partial charge on any atom is 0.226 e. The van der Waals surface area contributed by atoms with Crippen LogP contribution in [0.4, 0.5) is 5.95 Å². The molecule has 0 amide bonds. The van der Waals surface area contributed by atoms with E-state index in [0.29, 0.717) is 11.8 Å². The number of aryl methyl sites for hydroxylation is 1. The fraction of sp³-hybridized carbons (Fsp3) is 0.667. The average Bonchev–Trinajstić information content (AvgIpc) is 2.25. The summed E-state index contributed by atoms with van der Waals surface area (Å²) in [5.74, 6) is 1.31. The number of rotatable bonds is 6. The van der Waals surface area contributed by atoms with Crippen molar-refractivity contribution in [2.45, 2.75) is 46.6 Å². The molecule has 0 fully saturated rings. The number of ether oxygens (including phenoxy) is 1. The van der Waals surface area contributed by atoms with E-state index < -0.39 is 0 Å². The fourth-order valence-electron chi connectivity index (χ4n) is 1.21. The molecule has 0 aliphatic rings. The Bertz CT molecular complexity index is 328. The molecule has 1 N–H and O–H groups in total. The van der Waals surface area contributed by atoms with E-state index in [2.05, 4.69) is 29.1 Å². The highest BCUT2D eigenvalue weighted by molar-refractivity contribution is 5.30. The van der Waals surface area contributed by atoms with Gasteiger partial charge in [0.05, 0.1) is 6.10 Å². The predicted molar refractivity (Wildman–Crippen MR) is 65.9 cm³/mol. The van der Waals surface area contributed by atoms with Gasteiger partial charge in [-0.25, -0.2) is 4.98 Å². The zero-order chi connectivity index (χ0) is 12.0. The highest BCUT2D eigenvalue weighted by Gasteiger charge is 2.05. The lowest BCUT2D eigenvalue weighted by atomic mass is 10.3. The van der Waals surface area contributed by atoms with Crippen LogP contribution in [0.25, 0.3) is 0 Å². The Morgan fingerprint density at radius 3 is 2.75 bits per heavy atom. The third-order valence-corrected chi connectivity index (χ3v) is 2.26. The van der Waals surface area contributed by atoms with E-state index in [0.717, 1.165) is 25.1 Å². The Labute approximate surface area is 97.5 Å². The van der Waals surface area contributed by atoms with Crippen molar-refractivity contribution in [3.8, 4) is 5.88 Å². The van der Waals surface area contributed by atoms with E-state index in [-0.39, 0.29) is 6.10 Å². The smallest absolute Gasteiger partial charge is 0.226 e. The largest absolute Gasteiger partial charge is 0.475 e. The molecule has 4 nitrogen and oxygen atoms in total. The quantitative estimate of drug-likeness (QED) is 0.805. The van der Waals surface area contributed by atoms with Crippen molar-refractivity contribution in [2.75, 3.05) is 11.9 Å². The Morgan fingerprint density at radius 1 is 1.38 bits per heavy atom. The molecule has 4 heteroatoms. The zero-order valence-electron chi connectivity index (χ0n) is 10.6. The molecule has 0 aliphatic heterocycles. The Hall–Kier alpha value is -1.32. The first-order valence-electron chi connectivity index (χ1n) is 5.91. The summed E-state index contributed by atoms with van der Waals surface area (Å²) in [6.07, 6.45) is 2.22. The molecule has 1 heterocycles. The fourth-order valence-corrected chi connectivity index (χ4v) is 1.21. The second-order valence-electron chi connectivity index (χ2n) is 3.93. The predicted octanol–water partition coefficient (Wildman–Crippen LogP) is 2.78. The monoisotopic (exact) mass is 223 g/mol. The van der Waals surface area contributed by atoms with Crippen molar-refractivity contribution in [2.24, 2.45) is 0 Å². The van der Waals surface area contributed by atoms with Crippen molar-refractivity contribution in [1.29, 1.82) is 0 Å². The van der Waals surface area contributed by atoms with E-state index >= 15 is 0 Å². The number of aromatic nitrogens is 2. The Kier molecular flexibility index (Phi) is 5.02. The molecular weight excluding hydrogens is 202 g/mol. The van der Waals surface area contributed by atoms with Gasteiger partial charge in [-0.15, -0.1) is 0 Å². The summed E-state index contributed by atoms with van der Waals surface area (Å²) in [4.78, 5) is 8.62. The van der Waals surface area contributed by atoms with Gasteiger partial charge in [-0.3, -0.25) is 0 Å². The van der Waals surface area contributed by atoms with Crippen LogP contribution >= 0.6 is 0 Å². The summed E-state index contributed by atoms with van der Waals surface area (Å²) in [7, 11) is 0. The Balaban J connectivity index is 2.73. The third kappa shape index (κ3) is 4.04. The molecule has 90 valence electrons. The maximum absolute atomic E-state index is 5.67. The first-order chi connectivity index (χ1) is 7.65. The van der Waals surface area contributed by atoms with Gasteiger partial charge in [-0.1, -0.05) is 13.8 Å². The molecule has 0 aromatic carbocycles. The minimum Gasteiger partial charge on any atom is -0.475 e. The molecular formula is C12H21N3O. The summed E-state index contributed by atoms with van der Waals surface area (Å²) in [6.45, 7) is 9.07. The van der Waals surface area contributed by atoms with Crippen molar-refractivity contribution in [1.82, 2.24) is 9.97 Å². The van der Waals surface area contributed by atoms with Gasteiger partial charge in [0.25, 0.3) is 0 Å². The van der Waals surface area contributed by atoms with Crippen LogP contribution in [0.2, 0.25) is 0 Å². The van der Waals surface area contributed by atoms with Crippen LogP contribution in [0, 0.1) is 6.92 Å². The summed E-state index contributed by atoms with van der Waals surface area (Å²) in [6, 6.07) is 1.86. The van der Waals surface area contributed by atoms with Gasteiger partial charge in [0.15, 0.2) is 0 Å². The maximum atomic E-state index is 5.67. The summed E-state index contributed by atoms with van der Waals surface area (Å²) < 4.78 is 5.67. The number of nitrogens with zero attached hydrogens (tertiary/aromatic N) is 2. The van der Waals surface area contributed by atoms with Crippen LogP contribution in [-0.4, -0.2) is 22.6 Å². The lowest BCUT2D eigenvalue weighted by molar-refractivity contribution is 0.208. The lowest BCUT2D eigenvalue weighted by Gasteiger charge is -2.13. The van der Waals surface area contributed by atoms with Crippen LogP contribution in [-0.2, 0) is 0 Å². The lowest BCUT2D eigenvalue weighted by Crippen LogP contribution is -2.12. The molecule has 1 aromatic heterocycles. The van der Waals surface area contributed by atoms with Gasteiger partial charge in [-0.05, 0) is 26.7 Å². The number of anilines is 1. The number of hydrogen-bond acceptors (Lipinski definition) is 4. The molecule has 1 unspecified atom stereocenters. The number of hydrogen-bond donors (Lipinski definition) is 1. The van der Waals surface area contributed by atoms with Crippen LogP contribution in [0.5, 0.6) is 5.88 Å². The van der Waals surface area contributed by atoms with E-state index in [1.807, 2.05) is 19.9 Å². The third-order valence-electron chi connectivity index (χ3n) is 2.26. The van der Waals surface area contributed by atoms with Gasteiger partial charge in [0.1, 0.15) is 0 Å². The molecule has 1 rings (SSSR count). The van der Waals surface area contributed by atoms with Gasteiger partial charge < -0.3 is 10.1 Å². The van der Waals surface area contributed by atoms with Crippen LogP contribution in [0.15, 0.2) is 6.07 Å². The summed E-state index contributed by atoms with van der Waals surface area (Å²) in [5.41, 5.74) is 0.923. The van der Waals surface area contributed by atoms with E-state index in [1.54, 1.807) is 0 Å². The van der Waals surface area contributed by atoms with E-state index in [4.69, 9.17) is 4.74 Å².